The van der Waals surface area contributed by atoms with Crippen molar-refractivity contribution < 1.29 is 0 Å². The van der Waals surface area contributed by atoms with Crippen LogP contribution < -0.4 is 5.32 Å². The largest absolute Gasteiger partial charge is 0.306 e. The highest BCUT2D eigenvalue weighted by Crippen LogP contribution is 2.21. The molecule has 0 saturated carbocycles. The van der Waals surface area contributed by atoms with E-state index in [0.29, 0.717) is 0 Å². The molecule has 2 heterocycles. The molecular weight excluding hydrogens is 274 g/mol. The third-order valence-corrected chi connectivity index (χ3v) is 3.49. The molecule has 0 bridgehead atoms. The van der Waals surface area contributed by atoms with Gasteiger partial charge in [-0.15, -0.1) is 11.3 Å². The number of nitrogens with one attached hydrogen (secondary N) is 1. The minimum atomic E-state index is 0.753. The van der Waals surface area contributed by atoms with Crippen molar-refractivity contribution in [1.82, 2.24) is 15.5 Å². The van der Waals surface area contributed by atoms with Crippen LogP contribution in [0.1, 0.15) is 10.6 Å². The van der Waals surface area contributed by atoms with Crippen LogP contribution in [0.2, 0.25) is 0 Å². The zero-order valence-corrected chi connectivity index (χ0v) is 10.4. The van der Waals surface area contributed by atoms with Crippen LogP contribution in [0.3, 0.4) is 0 Å². The van der Waals surface area contributed by atoms with Gasteiger partial charge in [-0.2, -0.15) is 10.2 Å². The first kappa shape index (κ1) is 10.7. The van der Waals surface area contributed by atoms with E-state index in [1.165, 1.54) is 8.66 Å². The summed E-state index contributed by atoms with van der Waals surface area (Å²) < 4.78 is 1.17. The Morgan fingerprint density at radius 1 is 1.27 bits per heavy atom. The van der Waals surface area contributed by atoms with Gasteiger partial charge < -0.3 is 5.32 Å². The molecule has 2 aromatic heterocycles. The molecule has 0 amide bonds. The zero-order valence-electron chi connectivity index (χ0n) is 7.98. The fraction of sp³-hybridized carbons (Fsp3) is 0.200. The highest BCUT2D eigenvalue weighted by atomic mass is 79.9. The van der Waals surface area contributed by atoms with E-state index in [1.807, 2.05) is 12.1 Å². The predicted octanol–water partition coefficient (Wildman–Crippen LogP) is 2.59. The SMILES string of the molecule is Brc1ccc(CNCc2cccnn2)s1. The molecule has 15 heavy (non-hydrogen) atoms. The fourth-order valence-corrected chi connectivity index (χ4v) is 2.64. The maximum Gasteiger partial charge on any atom is 0.0769 e. The van der Waals surface area contributed by atoms with Crippen molar-refractivity contribution >= 4 is 27.3 Å². The lowest BCUT2D eigenvalue weighted by atomic mass is 10.4. The second-order valence-corrected chi connectivity index (χ2v) is 5.57. The molecule has 0 atom stereocenters. The van der Waals surface area contributed by atoms with E-state index in [4.69, 9.17) is 0 Å². The van der Waals surface area contributed by atoms with E-state index in [9.17, 15) is 0 Å². The van der Waals surface area contributed by atoms with Crippen molar-refractivity contribution in [2.45, 2.75) is 13.1 Å². The van der Waals surface area contributed by atoms with Gasteiger partial charge in [0.2, 0.25) is 0 Å². The summed E-state index contributed by atoms with van der Waals surface area (Å²) in [6.07, 6.45) is 1.68. The molecule has 1 N–H and O–H groups in total. The zero-order chi connectivity index (χ0) is 10.5. The van der Waals surface area contributed by atoms with Crippen LogP contribution >= 0.6 is 27.3 Å². The maximum absolute atomic E-state index is 4.00. The topological polar surface area (TPSA) is 37.8 Å². The number of rotatable bonds is 4. The van der Waals surface area contributed by atoms with Crippen LogP contribution in [-0.2, 0) is 13.1 Å². The molecule has 0 radical (unpaired) electrons. The average molecular weight is 284 g/mol. The number of aromatic nitrogens is 2. The molecule has 0 fully saturated rings. The Morgan fingerprint density at radius 2 is 2.20 bits per heavy atom. The minimum Gasteiger partial charge on any atom is -0.306 e. The monoisotopic (exact) mass is 283 g/mol. The predicted molar refractivity (Wildman–Crippen MR) is 64.6 cm³/mol. The molecule has 0 aromatic carbocycles. The standard InChI is InChI=1S/C10H10BrN3S/c11-10-4-3-9(15-10)7-12-6-8-2-1-5-13-14-8/h1-5,12H,6-7H2. The number of hydrogen-bond donors (Lipinski definition) is 1. The van der Waals surface area contributed by atoms with Crippen molar-refractivity contribution in [3.63, 3.8) is 0 Å². The smallest absolute Gasteiger partial charge is 0.0769 e. The molecule has 0 aliphatic heterocycles. The number of halogens is 1. The van der Waals surface area contributed by atoms with Crippen LogP contribution in [-0.4, -0.2) is 10.2 Å². The summed E-state index contributed by atoms with van der Waals surface area (Å²) in [6, 6.07) is 8.03. The second kappa shape index (κ2) is 5.34. The van der Waals surface area contributed by atoms with Crippen molar-refractivity contribution in [2.75, 3.05) is 0 Å². The van der Waals surface area contributed by atoms with Crippen LogP contribution in [0.5, 0.6) is 0 Å². The fourth-order valence-electron chi connectivity index (χ4n) is 1.19. The molecule has 2 aromatic rings. The lowest BCUT2D eigenvalue weighted by molar-refractivity contribution is 0.676. The quantitative estimate of drug-likeness (QED) is 0.937. The first-order chi connectivity index (χ1) is 7.34. The summed E-state index contributed by atoms with van der Waals surface area (Å²) in [4.78, 5) is 1.31. The van der Waals surface area contributed by atoms with Crippen LogP contribution in [0.25, 0.3) is 0 Å². The summed E-state index contributed by atoms with van der Waals surface area (Å²) in [6.45, 7) is 1.62. The van der Waals surface area contributed by atoms with Gasteiger partial charge in [0.25, 0.3) is 0 Å². The molecule has 78 valence electrons. The van der Waals surface area contributed by atoms with Gasteiger partial charge in [0.05, 0.1) is 9.48 Å². The third-order valence-electron chi connectivity index (χ3n) is 1.86. The van der Waals surface area contributed by atoms with Gasteiger partial charge in [0.15, 0.2) is 0 Å². The Hall–Kier alpha value is -0.780. The summed E-state index contributed by atoms with van der Waals surface area (Å²) in [5.74, 6) is 0. The molecule has 3 nitrogen and oxygen atoms in total. The van der Waals surface area contributed by atoms with Gasteiger partial charge in [-0.1, -0.05) is 0 Å². The highest BCUT2D eigenvalue weighted by molar-refractivity contribution is 9.11. The van der Waals surface area contributed by atoms with Gasteiger partial charge in [0, 0.05) is 24.2 Å². The summed E-state index contributed by atoms with van der Waals surface area (Å²) in [7, 11) is 0. The van der Waals surface area contributed by atoms with Crippen LogP contribution in [0.4, 0.5) is 0 Å². The highest BCUT2D eigenvalue weighted by Gasteiger charge is 1.97. The van der Waals surface area contributed by atoms with Gasteiger partial charge in [-0.25, -0.2) is 0 Å². The summed E-state index contributed by atoms with van der Waals surface area (Å²) >= 11 is 5.18. The van der Waals surface area contributed by atoms with Gasteiger partial charge >= 0.3 is 0 Å². The van der Waals surface area contributed by atoms with Crippen LogP contribution in [0, 0.1) is 0 Å². The Morgan fingerprint density at radius 3 is 2.87 bits per heavy atom. The number of nitrogens with zero attached hydrogens (tertiary/aromatic N) is 2. The lowest BCUT2D eigenvalue weighted by Gasteiger charge is -2.00. The van der Waals surface area contributed by atoms with Gasteiger partial charge in [-0.3, -0.25) is 0 Å². The van der Waals surface area contributed by atoms with Gasteiger partial charge in [0.1, 0.15) is 0 Å². The molecule has 0 unspecified atom stereocenters. The Balaban J connectivity index is 1.80. The second-order valence-electron chi connectivity index (χ2n) is 3.02. The molecule has 0 spiro atoms. The van der Waals surface area contributed by atoms with E-state index in [-0.39, 0.29) is 0 Å². The van der Waals surface area contributed by atoms with E-state index in [0.717, 1.165) is 18.8 Å². The third kappa shape index (κ3) is 3.37. The minimum absolute atomic E-state index is 0.753. The first-order valence-corrected chi connectivity index (χ1v) is 6.17. The normalized spacial score (nSPS) is 10.5. The molecule has 0 saturated heterocycles. The van der Waals surface area contributed by atoms with Crippen molar-refractivity contribution in [2.24, 2.45) is 0 Å². The summed E-state index contributed by atoms with van der Waals surface area (Å²) in [5.41, 5.74) is 0.966. The lowest BCUT2D eigenvalue weighted by Crippen LogP contribution is -2.12. The summed E-state index contributed by atoms with van der Waals surface area (Å²) in [5, 5.41) is 11.1. The number of thiophene rings is 1. The van der Waals surface area contributed by atoms with Gasteiger partial charge in [-0.05, 0) is 40.2 Å². The average Bonchev–Trinajstić information content (AvgIpc) is 2.66. The molecule has 2 rings (SSSR count). The number of hydrogen-bond acceptors (Lipinski definition) is 4. The van der Waals surface area contributed by atoms with E-state index in [1.54, 1.807) is 17.5 Å². The van der Waals surface area contributed by atoms with Crippen molar-refractivity contribution in [3.05, 3.63) is 44.8 Å². The van der Waals surface area contributed by atoms with Crippen molar-refractivity contribution in [3.8, 4) is 0 Å². The Labute approximate surface area is 101 Å². The Bertz CT molecular complexity index is 416. The molecule has 0 aliphatic carbocycles. The molecule has 0 aliphatic rings. The Kier molecular flexibility index (Phi) is 3.82. The van der Waals surface area contributed by atoms with E-state index in [2.05, 4.69) is 43.6 Å². The maximum atomic E-state index is 4.00. The van der Waals surface area contributed by atoms with E-state index >= 15 is 0 Å². The van der Waals surface area contributed by atoms with E-state index < -0.39 is 0 Å². The van der Waals surface area contributed by atoms with Crippen molar-refractivity contribution in [1.29, 1.82) is 0 Å². The first-order valence-electron chi connectivity index (χ1n) is 4.56. The van der Waals surface area contributed by atoms with Crippen LogP contribution in [0.15, 0.2) is 34.2 Å². The molecular formula is C10H10BrN3S. The molecule has 5 heteroatoms.